The van der Waals surface area contributed by atoms with Crippen LogP contribution in [0.2, 0.25) is 0 Å². The molecule has 604 valence electrons. The minimum atomic E-state index is -2.45. The van der Waals surface area contributed by atoms with Gasteiger partial charge in [0.2, 0.25) is 11.8 Å². The van der Waals surface area contributed by atoms with Gasteiger partial charge in [-0.05, 0) is 13.8 Å². The fraction of sp³-hybridized carbons (Fsp3) is 0.966. The van der Waals surface area contributed by atoms with Gasteiger partial charge in [-0.15, -0.1) is 0 Å². The van der Waals surface area contributed by atoms with Gasteiger partial charge < -0.3 is 219 Å². The molecule has 9 aliphatic heterocycles. The molecule has 9 saturated heterocycles. The molecule has 27 N–H and O–H groups in total. The van der Waals surface area contributed by atoms with Crippen LogP contribution in [0, 0.1) is 0 Å². The Bertz CT molecular complexity index is 2670. The third kappa shape index (κ3) is 18.4. The van der Waals surface area contributed by atoms with E-state index in [9.17, 15) is 137 Å². The molecular weight excluding hydrogens is 1430 g/mol. The monoisotopic (exact) mass is 1530 g/mol. The van der Waals surface area contributed by atoms with Crippen molar-refractivity contribution in [1.29, 1.82) is 0 Å². The van der Waals surface area contributed by atoms with Crippen LogP contribution in [0.5, 0.6) is 0 Å². The lowest BCUT2D eigenvalue weighted by Crippen LogP contribution is -2.71. The SMILES string of the molecule is CC(=O)N[C@@H]1[C@@H](O[C@@H]2O[C@@H](C)[C@@H](O)[C@@H](O)[C@@H]2O)[C@H](O[C@@H]2O[C@H](CO)[C@@H](O[C@@H]3O[C@H](CO[C@H]4O[C@H](CO[C@H]5O[C@H](CO)[C@@H](O)[C@H](O)[C@@H]5O)[C@@H](O)[C@H](O[C@H]5O[C@H](CO)[C@@H](O)[C@H](O)[C@@H]5O)[C@@H]4O)[C@@H](O)[C@H](O[C@H]4O[C@H](CO)[C@@H](O)[C@H](O)[C@@H]4O)[C@@H]3O)[C@H](O)[C@H]2NC(C)=O)[C@@H](CO[C@@H]2O[C@@H](C)[C@@H](O)[C@@H](O)[C@@H]2O)O[C@H]1O. The molecule has 9 heterocycles. The van der Waals surface area contributed by atoms with Crippen molar-refractivity contribution in [3.8, 4) is 0 Å². The molecule has 9 aliphatic rings. The number of rotatable bonds is 25. The first-order valence-electron chi connectivity index (χ1n) is 33.4. The van der Waals surface area contributed by atoms with Gasteiger partial charge in [-0.1, -0.05) is 0 Å². The van der Waals surface area contributed by atoms with E-state index in [-0.39, 0.29) is 0 Å². The van der Waals surface area contributed by atoms with Crippen LogP contribution < -0.4 is 10.6 Å². The van der Waals surface area contributed by atoms with Crippen molar-refractivity contribution >= 4 is 11.8 Å². The Kier molecular flexibility index (Phi) is 30.0. The summed E-state index contributed by atoms with van der Waals surface area (Å²) in [5, 5.41) is 279. The lowest BCUT2D eigenvalue weighted by atomic mass is 9.93. The second-order valence-electron chi connectivity index (χ2n) is 26.7. The van der Waals surface area contributed by atoms with Crippen molar-refractivity contribution in [3.63, 3.8) is 0 Å². The van der Waals surface area contributed by atoms with E-state index in [0.717, 1.165) is 13.8 Å². The minimum Gasteiger partial charge on any atom is -0.394 e. The average molecular weight is 1530 g/mol. The first-order chi connectivity index (χ1) is 49.1. The van der Waals surface area contributed by atoms with Crippen LogP contribution in [-0.4, -0.2) is 462 Å². The summed E-state index contributed by atoms with van der Waals surface area (Å²) in [5.41, 5.74) is 0. The molecular formula is C58H98N2O44. The second-order valence-corrected chi connectivity index (χ2v) is 26.7. The fourth-order valence-electron chi connectivity index (χ4n) is 13.3. The number of ether oxygens (including phenoxy) is 17. The van der Waals surface area contributed by atoms with E-state index < -0.39 is 334 Å². The summed E-state index contributed by atoms with van der Waals surface area (Å²) in [5.74, 6) is -1.85. The van der Waals surface area contributed by atoms with Crippen molar-refractivity contribution in [2.45, 2.75) is 304 Å². The molecule has 0 aromatic heterocycles. The van der Waals surface area contributed by atoms with Crippen molar-refractivity contribution in [2.24, 2.45) is 0 Å². The molecule has 0 radical (unpaired) electrons. The lowest BCUT2D eigenvalue weighted by Gasteiger charge is -2.51. The molecule has 46 nitrogen and oxygen atoms in total. The maximum atomic E-state index is 13.3. The van der Waals surface area contributed by atoms with Crippen LogP contribution in [0.25, 0.3) is 0 Å². The van der Waals surface area contributed by atoms with E-state index in [1.165, 1.54) is 13.8 Å². The molecule has 0 aromatic carbocycles. The minimum absolute atomic E-state index is 0.871. The van der Waals surface area contributed by atoms with Crippen molar-refractivity contribution in [1.82, 2.24) is 10.6 Å². The topological polar surface area (TPSA) is 721 Å². The highest BCUT2D eigenvalue weighted by Gasteiger charge is 2.60. The quantitative estimate of drug-likeness (QED) is 0.0404. The predicted molar refractivity (Wildman–Crippen MR) is 317 cm³/mol. The Hall–Kier alpha value is -2.74. The molecule has 45 atom stereocenters. The number of carbonyl (C=O) groups is 2. The molecule has 0 spiro atoms. The molecule has 0 aromatic rings. The zero-order valence-corrected chi connectivity index (χ0v) is 55.9. The first kappa shape index (κ1) is 85.3. The smallest absolute Gasteiger partial charge is 0.217 e. The van der Waals surface area contributed by atoms with Gasteiger partial charge in [0.05, 0.1) is 58.5 Å². The Morgan fingerprint density at radius 1 is 0.269 bits per heavy atom. The fourth-order valence-corrected chi connectivity index (χ4v) is 13.3. The van der Waals surface area contributed by atoms with Gasteiger partial charge in [0.1, 0.15) is 207 Å². The summed E-state index contributed by atoms with van der Waals surface area (Å²) in [6.07, 6.45) is -85.7. The summed E-state index contributed by atoms with van der Waals surface area (Å²) < 4.78 is 99.7. The van der Waals surface area contributed by atoms with Crippen molar-refractivity contribution < 1.29 is 218 Å². The molecule has 0 aliphatic carbocycles. The Morgan fingerprint density at radius 3 is 1.01 bits per heavy atom. The van der Waals surface area contributed by atoms with E-state index in [1.807, 2.05) is 0 Å². The summed E-state index contributed by atoms with van der Waals surface area (Å²) in [7, 11) is 0. The number of aliphatic hydroxyl groups is 25. The molecule has 9 rings (SSSR count). The number of hydrogen-bond donors (Lipinski definition) is 27. The van der Waals surface area contributed by atoms with Crippen molar-refractivity contribution in [3.05, 3.63) is 0 Å². The van der Waals surface area contributed by atoms with Crippen LogP contribution in [0.3, 0.4) is 0 Å². The van der Waals surface area contributed by atoms with E-state index >= 15 is 0 Å². The maximum Gasteiger partial charge on any atom is 0.217 e. The number of amides is 2. The van der Waals surface area contributed by atoms with Gasteiger partial charge >= 0.3 is 0 Å². The summed E-state index contributed by atoms with van der Waals surface area (Å²) >= 11 is 0. The Balaban J connectivity index is 1.03. The molecule has 9 fully saturated rings. The molecule has 0 bridgehead atoms. The Morgan fingerprint density at radius 2 is 0.567 bits per heavy atom. The van der Waals surface area contributed by atoms with Crippen LogP contribution in [0.15, 0.2) is 0 Å². The zero-order chi connectivity index (χ0) is 76.5. The summed E-state index contributed by atoms with van der Waals surface area (Å²) in [4.78, 5) is 26.1. The van der Waals surface area contributed by atoms with Crippen LogP contribution in [-0.2, 0) is 90.1 Å². The third-order valence-corrected chi connectivity index (χ3v) is 19.4. The zero-order valence-electron chi connectivity index (χ0n) is 55.9. The molecule has 0 saturated carbocycles. The number of hydrogen-bond acceptors (Lipinski definition) is 44. The summed E-state index contributed by atoms with van der Waals surface area (Å²) in [6, 6.07) is -3.82. The van der Waals surface area contributed by atoms with Gasteiger partial charge in [-0.3, -0.25) is 9.59 Å². The molecule has 104 heavy (non-hydrogen) atoms. The van der Waals surface area contributed by atoms with Crippen molar-refractivity contribution in [2.75, 3.05) is 46.2 Å². The highest BCUT2D eigenvalue weighted by molar-refractivity contribution is 5.73. The van der Waals surface area contributed by atoms with E-state index in [1.54, 1.807) is 0 Å². The van der Waals surface area contributed by atoms with E-state index in [2.05, 4.69) is 10.6 Å². The second kappa shape index (κ2) is 36.6. The highest BCUT2D eigenvalue weighted by Crippen LogP contribution is 2.39. The van der Waals surface area contributed by atoms with E-state index in [0.29, 0.717) is 0 Å². The Labute approximate surface area is 589 Å². The predicted octanol–water partition coefficient (Wildman–Crippen LogP) is -18.3. The van der Waals surface area contributed by atoms with Gasteiger partial charge in [-0.25, -0.2) is 0 Å². The van der Waals surface area contributed by atoms with Gasteiger partial charge in [-0.2, -0.15) is 0 Å². The number of nitrogens with one attached hydrogen (secondary N) is 2. The van der Waals surface area contributed by atoms with Crippen LogP contribution >= 0.6 is 0 Å². The van der Waals surface area contributed by atoms with Crippen LogP contribution in [0.1, 0.15) is 27.7 Å². The maximum absolute atomic E-state index is 13.3. The molecule has 0 unspecified atom stereocenters. The standard InChI is InChI=1S/C58H98N2O44/c1-12-25(67)33(75)38(80)52(91-12)90-11-22-46(47(24(50(87)93-22)60-15(4)66)102-55-40(82)34(76)26(68)13(2)92-55)101-51-23(59-14(3)65)32(74)45(19(8-64)97-51)100-58-44(86)49(104-57-42(84)37(79)29(71)18(7-63)96-57)31(73)21(99-58)10-89-54-43(85)48(103-56-41(83)36(78)28(70)17(6-62)95-56)30(72)20(98-54)9-88-53-39(81)35(77)27(69)16(5-61)94-53/h12-13,16-58,61-64,67-87H,5-11H2,1-4H3,(H,59,65)(H,60,66)/t12-,13-,16+,17+,18+,19+,20+,21+,22+,23+,24+,25+,26+,27+,28+,29+,30+,31+,32+,33+,34+,35-,36-,37-,38-,39-,40-,41-,42-,43-,44-,45+,46+,47+,48-,49-,50+,51-,52+,53-,54-,55-,56+,57+,58-/m0/s1. The first-order valence-corrected chi connectivity index (χ1v) is 33.4. The van der Waals surface area contributed by atoms with Gasteiger partial charge in [0, 0.05) is 13.8 Å². The largest absolute Gasteiger partial charge is 0.394 e. The van der Waals surface area contributed by atoms with E-state index in [4.69, 9.17) is 80.5 Å². The number of aliphatic hydroxyl groups excluding tert-OH is 25. The summed E-state index contributed by atoms with van der Waals surface area (Å²) in [6.45, 7) is -2.63. The molecule has 46 heteroatoms. The highest BCUT2D eigenvalue weighted by atomic mass is 16.8. The third-order valence-electron chi connectivity index (χ3n) is 19.4. The average Bonchev–Trinajstić information content (AvgIpc) is 0.765. The van der Waals surface area contributed by atoms with Gasteiger partial charge in [0.15, 0.2) is 56.6 Å². The van der Waals surface area contributed by atoms with Gasteiger partial charge in [0.25, 0.3) is 0 Å². The number of carbonyl (C=O) groups excluding carboxylic acids is 2. The normalized spacial score (nSPS) is 51.9. The van der Waals surface area contributed by atoms with Crippen LogP contribution in [0.4, 0.5) is 0 Å². The molecule has 2 amide bonds. The lowest BCUT2D eigenvalue weighted by molar-refractivity contribution is -0.390.